The van der Waals surface area contributed by atoms with Crippen molar-refractivity contribution < 1.29 is 4.79 Å². The van der Waals surface area contributed by atoms with Crippen LogP contribution in [0.2, 0.25) is 0 Å². The molecule has 5 heteroatoms. The molecule has 4 N–H and O–H groups in total. The van der Waals surface area contributed by atoms with E-state index in [-0.39, 0.29) is 11.6 Å². The minimum Gasteiger partial charge on any atom is -0.334 e. The van der Waals surface area contributed by atoms with Crippen molar-refractivity contribution in [3.8, 4) is 11.8 Å². The lowest BCUT2D eigenvalue weighted by Crippen LogP contribution is -2.46. The third-order valence-corrected chi connectivity index (χ3v) is 2.89. The molecule has 4 nitrogen and oxygen atoms in total. The fourth-order valence-electron chi connectivity index (χ4n) is 1.23. The molecule has 0 bridgehead atoms. The minimum atomic E-state index is -0.225. The molecule has 1 aromatic rings. The van der Waals surface area contributed by atoms with Gasteiger partial charge in [0, 0.05) is 10.4 Å². The standard InChI is InChI=1S/C13H19N3OS/c1-13(2,3)16-12(17)15-9-11-7-6-10(18-11)5-4-8-14/h6-7H,8-9,14H2,1-3H3,(H2,15,16,17). The Balaban J connectivity index is 2.44. The van der Waals surface area contributed by atoms with Crippen molar-refractivity contribution in [2.24, 2.45) is 5.73 Å². The number of hydrogen-bond acceptors (Lipinski definition) is 3. The lowest BCUT2D eigenvalue weighted by atomic mass is 10.1. The van der Waals surface area contributed by atoms with Crippen molar-refractivity contribution in [1.82, 2.24) is 10.6 Å². The molecule has 0 aromatic carbocycles. The van der Waals surface area contributed by atoms with Gasteiger partial charge in [0.1, 0.15) is 0 Å². The Morgan fingerprint density at radius 1 is 1.44 bits per heavy atom. The van der Waals surface area contributed by atoms with Gasteiger partial charge in [-0.3, -0.25) is 0 Å². The van der Waals surface area contributed by atoms with Crippen LogP contribution in [-0.4, -0.2) is 18.1 Å². The number of thiophene rings is 1. The van der Waals surface area contributed by atoms with Gasteiger partial charge in [-0.2, -0.15) is 0 Å². The average molecular weight is 265 g/mol. The molecule has 98 valence electrons. The number of hydrogen-bond donors (Lipinski definition) is 3. The van der Waals surface area contributed by atoms with Gasteiger partial charge in [0.05, 0.1) is 18.0 Å². The third kappa shape index (κ3) is 5.71. The van der Waals surface area contributed by atoms with Gasteiger partial charge >= 0.3 is 6.03 Å². The first kappa shape index (κ1) is 14.6. The van der Waals surface area contributed by atoms with Gasteiger partial charge in [0.15, 0.2) is 0 Å². The molecule has 0 aliphatic heterocycles. The highest BCUT2D eigenvalue weighted by Crippen LogP contribution is 2.14. The first-order valence-corrected chi connectivity index (χ1v) is 6.56. The summed E-state index contributed by atoms with van der Waals surface area (Å²) in [5, 5.41) is 5.65. The van der Waals surface area contributed by atoms with Gasteiger partial charge in [0.2, 0.25) is 0 Å². The van der Waals surface area contributed by atoms with E-state index in [0.29, 0.717) is 13.1 Å². The Hall–Kier alpha value is -1.51. The lowest BCUT2D eigenvalue weighted by molar-refractivity contribution is 0.231. The Kier molecular flexibility index (Phi) is 5.20. The van der Waals surface area contributed by atoms with E-state index in [9.17, 15) is 4.79 Å². The molecule has 0 radical (unpaired) electrons. The second-order valence-electron chi connectivity index (χ2n) is 4.83. The van der Waals surface area contributed by atoms with Crippen LogP contribution in [0.3, 0.4) is 0 Å². The van der Waals surface area contributed by atoms with Crippen molar-refractivity contribution in [1.29, 1.82) is 0 Å². The van der Waals surface area contributed by atoms with Crippen molar-refractivity contribution in [3.05, 3.63) is 21.9 Å². The predicted molar refractivity (Wildman–Crippen MR) is 75.4 cm³/mol. The van der Waals surface area contributed by atoms with Crippen molar-refractivity contribution in [2.75, 3.05) is 6.54 Å². The van der Waals surface area contributed by atoms with E-state index in [4.69, 9.17) is 5.73 Å². The maximum Gasteiger partial charge on any atom is 0.315 e. The fourth-order valence-corrected chi connectivity index (χ4v) is 2.05. The van der Waals surface area contributed by atoms with E-state index >= 15 is 0 Å². The SMILES string of the molecule is CC(C)(C)NC(=O)NCc1ccc(C#CCN)s1. The van der Waals surface area contributed by atoms with Crippen molar-refractivity contribution >= 4 is 17.4 Å². The Morgan fingerprint density at radius 3 is 2.78 bits per heavy atom. The van der Waals surface area contributed by atoms with Crippen LogP contribution >= 0.6 is 11.3 Å². The summed E-state index contributed by atoms with van der Waals surface area (Å²) in [6.07, 6.45) is 0. The van der Waals surface area contributed by atoms with Crippen LogP contribution < -0.4 is 16.4 Å². The van der Waals surface area contributed by atoms with Crippen molar-refractivity contribution in [2.45, 2.75) is 32.9 Å². The topological polar surface area (TPSA) is 67.2 Å². The smallest absolute Gasteiger partial charge is 0.315 e. The van der Waals surface area contributed by atoms with Gasteiger partial charge in [0.25, 0.3) is 0 Å². The van der Waals surface area contributed by atoms with Crippen LogP contribution in [0, 0.1) is 11.8 Å². The van der Waals surface area contributed by atoms with E-state index in [2.05, 4.69) is 22.5 Å². The molecule has 0 saturated carbocycles. The maximum atomic E-state index is 11.5. The van der Waals surface area contributed by atoms with Crippen LogP contribution in [0.25, 0.3) is 0 Å². The van der Waals surface area contributed by atoms with Gasteiger partial charge in [-0.15, -0.1) is 11.3 Å². The van der Waals surface area contributed by atoms with Crippen LogP contribution in [0.5, 0.6) is 0 Å². The third-order valence-electron chi connectivity index (χ3n) is 1.89. The number of urea groups is 1. The molecular formula is C13H19N3OS. The van der Waals surface area contributed by atoms with Gasteiger partial charge in [-0.25, -0.2) is 4.79 Å². The van der Waals surface area contributed by atoms with E-state index in [1.807, 2.05) is 32.9 Å². The van der Waals surface area contributed by atoms with Crippen LogP contribution in [-0.2, 0) is 6.54 Å². The summed E-state index contributed by atoms with van der Waals surface area (Å²) < 4.78 is 0. The maximum absolute atomic E-state index is 11.5. The fraction of sp³-hybridized carbons (Fsp3) is 0.462. The van der Waals surface area contributed by atoms with E-state index < -0.39 is 0 Å². The highest BCUT2D eigenvalue weighted by atomic mass is 32.1. The number of amides is 2. The minimum absolute atomic E-state index is 0.162. The molecule has 0 saturated heterocycles. The largest absolute Gasteiger partial charge is 0.334 e. The highest BCUT2D eigenvalue weighted by molar-refractivity contribution is 7.12. The average Bonchev–Trinajstić information content (AvgIpc) is 2.69. The molecule has 1 rings (SSSR count). The first-order valence-electron chi connectivity index (χ1n) is 5.74. The molecule has 0 atom stereocenters. The summed E-state index contributed by atoms with van der Waals surface area (Å²) in [5.74, 6) is 5.77. The number of nitrogens with one attached hydrogen (secondary N) is 2. The summed E-state index contributed by atoms with van der Waals surface area (Å²) in [4.78, 5) is 13.6. The summed E-state index contributed by atoms with van der Waals surface area (Å²) in [5.41, 5.74) is 5.08. The van der Waals surface area contributed by atoms with Crippen LogP contribution in [0.4, 0.5) is 4.79 Å². The number of nitrogens with two attached hydrogens (primary N) is 1. The summed E-state index contributed by atoms with van der Waals surface area (Å²) in [6.45, 7) is 6.70. The van der Waals surface area contributed by atoms with Gasteiger partial charge in [-0.1, -0.05) is 11.8 Å². The zero-order valence-electron chi connectivity index (χ0n) is 11.0. The number of rotatable bonds is 2. The molecule has 0 spiro atoms. The molecule has 18 heavy (non-hydrogen) atoms. The van der Waals surface area contributed by atoms with Crippen LogP contribution in [0.15, 0.2) is 12.1 Å². The van der Waals surface area contributed by atoms with Gasteiger partial charge in [-0.05, 0) is 32.9 Å². The normalized spacial score (nSPS) is 10.4. The number of carbonyl (C=O) groups excluding carboxylic acids is 1. The molecule has 0 aliphatic carbocycles. The molecule has 1 aromatic heterocycles. The summed E-state index contributed by atoms with van der Waals surface area (Å²) in [7, 11) is 0. The molecule has 0 aliphatic rings. The quantitative estimate of drug-likeness (QED) is 0.712. The second-order valence-corrected chi connectivity index (χ2v) is 6.00. The highest BCUT2D eigenvalue weighted by Gasteiger charge is 2.13. The molecule has 0 unspecified atom stereocenters. The zero-order valence-corrected chi connectivity index (χ0v) is 11.8. The van der Waals surface area contributed by atoms with E-state index in [1.54, 1.807) is 11.3 Å². The van der Waals surface area contributed by atoms with E-state index in [1.165, 1.54) is 0 Å². The number of carbonyl (C=O) groups is 1. The molecule has 0 fully saturated rings. The Bertz CT molecular complexity index is 463. The molecule has 2 amide bonds. The Labute approximate surface area is 112 Å². The molecular weight excluding hydrogens is 246 g/mol. The second kappa shape index (κ2) is 6.43. The summed E-state index contributed by atoms with van der Waals surface area (Å²) >= 11 is 1.56. The molecule has 1 heterocycles. The van der Waals surface area contributed by atoms with Crippen LogP contribution in [0.1, 0.15) is 30.5 Å². The lowest BCUT2D eigenvalue weighted by Gasteiger charge is -2.20. The predicted octanol–water partition coefficient (Wildman–Crippen LogP) is 1.66. The van der Waals surface area contributed by atoms with E-state index in [0.717, 1.165) is 9.75 Å². The van der Waals surface area contributed by atoms with Gasteiger partial charge < -0.3 is 16.4 Å². The van der Waals surface area contributed by atoms with Crippen molar-refractivity contribution in [3.63, 3.8) is 0 Å². The monoisotopic (exact) mass is 265 g/mol. The summed E-state index contributed by atoms with van der Waals surface area (Å²) in [6, 6.07) is 3.74. The first-order chi connectivity index (χ1) is 8.40. The Morgan fingerprint density at radius 2 is 2.17 bits per heavy atom. The zero-order chi connectivity index (χ0) is 13.6.